The molecule has 0 saturated heterocycles. The maximum Gasteiger partial charge on any atom is 0.133 e. The van der Waals surface area contributed by atoms with Crippen molar-refractivity contribution in [3.05, 3.63) is 17.7 Å². The molecule has 0 bridgehead atoms. The number of nitrogens with one attached hydrogen (secondary N) is 2. The van der Waals surface area contributed by atoms with Crippen molar-refractivity contribution in [1.29, 1.82) is 0 Å². The molecule has 0 atom stereocenters. The van der Waals surface area contributed by atoms with Gasteiger partial charge in [-0.25, -0.2) is 4.98 Å². The van der Waals surface area contributed by atoms with Gasteiger partial charge in [-0.2, -0.15) is 0 Å². The van der Waals surface area contributed by atoms with Gasteiger partial charge in [-0.15, -0.1) is 0 Å². The van der Waals surface area contributed by atoms with Crippen LogP contribution >= 0.6 is 0 Å². The third kappa shape index (κ3) is 1.32. The minimum Gasteiger partial charge on any atom is -0.348 e. The van der Waals surface area contributed by atoms with Gasteiger partial charge in [-0.3, -0.25) is 4.79 Å². The van der Waals surface area contributed by atoms with E-state index in [2.05, 4.69) is 15.3 Å². The first-order chi connectivity index (χ1) is 7.30. The summed E-state index contributed by atoms with van der Waals surface area (Å²) in [6.07, 6.45) is 5.99. The monoisotopic (exact) mass is 205 g/mol. The van der Waals surface area contributed by atoms with Gasteiger partial charge in [0.1, 0.15) is 5.78 Å². The molecule has 15 heavy (non-hydrogen) atoms. The highest BCUT2D eigenvalue weighted by molar-refractivity contribution is 5.79. The predicted octanol–water partition coefficient (Wildman–Crippen LogP) is 0.894. The molecule has 2 heterocycles. The number of aromatic nitrogens is 2. The third-order valence-electron chi connectivity index (χ3n) is 3.67. The standard InChI is InChI=1S/C11H15N3O/c15-8-1-4-11(5-2-8)10-9(3-6-14-11)12-7-13-10/h7,14H,1-6H2,(H,12,13). The summed E-state index contributed by atoms with van der Waals surface area (Å²) < 4.78 is 0. The summed E-state index contributed by atoms with van der Waals surface area (Å²) in [5, 5.41) is 3.56. The highest BCUT2D eigenvalue weighted by Crippen LogP contribution is 2.38. The lowest BCUT2D eigenvalue weighted by molar-refractivity contribution is -0.121. The van der Waals surface area contributed by atoms with Gasteiger partial charge in [0.05, 0.1) is 17.6 Å². The van der Waals surface area contributed by atoms with Crippen LogP contribution in [0.4, 0.5) is 0 Å². The van der Waals surface area contributed by atoms with Crippen molar-refractivity contribution in [1.82, 2.24) is 15.3 Å². The Morgan fingerprint density at radius 1 is 1.27 bits per heavy atom. The second-order valence-electron chi connectivity index (χ2n) is 4.53. The number of rotatable bonds is 0. The number of carbonyl (C=O) groups is 1. The second-order valence-corrected chi connectivity index (χ2v) is 4.53. The molecule has 1 spiro atoms. The Morgan fingerprint density at radius 2 is 2.07 bits per heavy atom. The van der Waals surface area contributed by atoms with Crippen molar-refractivity contribution < 1.29 is 4.79 Å². The molecular formula is C11H15N3O. The van der Waals surface area contributed by atoms with Crippen LogP contribution in [-0.4, -0.2) is 22.3 Å². The van der Waals surface area contributed by atoms with E-state index in [1.165, 1.54) is 5.69 Å². The molecule has 1 fully saturated rings. The quantitative estimate of drug-likeness (QED) is 0.661. The fraction of sp³-hybridized carbons (Fsp3) is 0.636. The van der Waals surface area contributed by atoms with Crippen molar-refractivity contribution >= 4 is 5.78 Å². The van der Waals surface area contributed by atoms with E-state index >= 15 is 0 Å². The minimum absolute atomic E-state index is 0.0124. The van der Waals surface area contributed by atoms with Gasteiger partial charge in [0.25, 0.3) is 0 Å². The average Bonchev–Trinajstić information content (AvgIpc) is 2.72. The maximum absolute atomic E-state index is 11.3. The number of nitrogens with zero attached hydrogens (tertiary/aromatic N) is 1. The van der Waals surface area contributed by atoms with E-state index in [4.69, 9.17) is 0 Å². The molecule has 0 aromatic carbocycles. The lowest BCUT2D eigenvalue weighted by atomic mass is 9.76. The maximum atomic E-state index is 11.3. The summed E-state index contributed by atoms with van der Waals surface area (Å²) in [6, 6.07) is 0. The Balaban J connectivity index is 1.97. The lowest BCUT2D eigenvalue weighted by Gasteiger charge is -2.39. The Morgan fingerprint density at radius 3 is 2.87 bits per heavy atom. The van der Waals surface area contributed by atoms with E-state index in [9.17, 15) is 4.79 Å². The number of hydrogen-bond donors (Lipinski definition) is 2. The highest BCUT2D eigenvalue weighted by atomic mass is 16.1. The van der Waals surface area contributed by atoms with E-state index in [0.717, 1.165) is 31.5 Å². The largest absolute Gasteiger partial charge is 0.348 e. The van der Waals surface area contributed by atoms with Crippen LogP contribution in [-0.2, 0) is 16.8 Å². The normalized spacial score (nSPS) is 24.1. The summed E-state index contributed by atoms with van der Waals surface area (Å²) in [5.74, 6) is 0.394. The number of carbonyl (C=O) groups excluding carboxylic acids is 1. The molecular weight excluding hydrogens is 190 g/mol. The Bertz CT molecular complexity index is 386. The van der Waals surface area contributed by atoms with E-state index in [-0.39, 0.29) is 5.54 Å². The molecule has 2 aliphatic rings. The molecule has 4 heteroatoms. The molecule has 1 aliphatic heterocycles. The average molecular weight is 205 g/mol. The molecule has 0 unspecified atom stereocenters. The van der Waals surface area contributed by atoms with Gasteiger partial charge in [0.15, 0.2) is 0 Å². The van der Waals surface area contributed by atoms with Crippen LogP contribution in [0.3, 0.4) is 0 Å². The van der Waals surface area contributed by atoms with Gasteiger partial charge >= 0.3 is 0 Å². The first-order valence-electron chi connectivity index (χ1n) is 5.60. The zero-order valence-corrected chi connectivity index (χ0v) is 8.68. The van der Waals surface area contributed by atoms with Crippen molar-refractivity contribution in [3.8, 4) is 0 Å². The molecule has 0 radical (unpaired) electrons. The predicted molar refractivity (Wildman–Crippen MR) is 55.4 cm³/mol. The summed E-state index contributed by atoms with van der Waals surface area (Å²) in [4.78, 5) is 18.9. The van der Waals surface area contributed by atoms with E-state index in [1.807, 2.05) is 0 Å². The highest BCUT2D eigenvalue weighted by Gasteiger charge is 2.41. The molecule has 3 rings (SSSR count). The SMILES string of the molecule is O=C1CCC2(CC1)NCCc1[nH]cnc12. The fourth-order valence-corrected chi connectivity index (χ4v) is 2.80. The van der Waals surface area contributed by atoms with Crippen LogP contribution in [0.1, 0.15) is 37.1 Å². The van der Waals surface area contributed by atoms with Crippen molar-refractivity contribution in [2.24, 2.45) is 0 Å². The van der Waals surface area contributed by atoms with Gasteiger partial charge in [0.2, 0.25) is 0 Å². The number of fused-ring (bicyclic) bond motifs is 2. The molecule has 4 nitrogen and oxygen atoms in total. The number of imidazole rings is 1. The van der Waals surface area contributed by atoms with Crippen LogP contribution in [0.25, 0.3) is 0 Å². The first-order valence-corrected chi connectivity index (χ1v) is 5.60. The van der Waals surface area contributed by atoms with Gasteiger partial charge in [-0.05, 0) is 12.8 Å². The number of Topliss-reactive ketones (excluding diaryl/α,β-unsaturated/α-hetero) is 1. The molecule has 1 aliphatic carbocycles. The molecule has 1 saturated carbocycles. The van der Waals surface area contributed by atoms with Crippen LogP contribution in [0.15, 0.2) is 6.33 Å². The Hall–Kier alpha value is -1.16. The molecule has 1 aromatic rings. The van der Waals surface area contributed by atoms with Crippen LogP contribution in [0.5, 0.6) is 0 Å². The molecule has 0 amide bonds. The molecule has 1 aromatic heterocycles. The van der Waals surface area contributed by atoms with E-state index < -0.39 is 0 Å². The fourth-order valence-electron chi connectivity index (χ4n) is 2.80. The van der Waals surface area contributed by atoms with Gasteiger partial charge in [-0.1, -0.05) is 0 Å². The Labute approximate surface area is 88.5 Å². The lowest BCUT2D eigenvalue weighted by Crippen LogP contribution is -2.49. The summed E-state index contributed by atoms with van der Waals surface area (Å²) in [7, 11) is 0. The van der Waals surface area contributed by atoms with Crippen molar-refractivity contribution in [3.63, 3.8) is 0 Å². The molecule has 80 valence electrons. The van der Waals surface area contributed by atoms with Crippen molar-refractivity contribution in [2.75, 3.05) is 6.54 Å². The second kappa shape index (κ2) is 3.17. The smallest absolute Gasteiger partial charge is 0.133 e. The topological polar surface area (TPSA) is 57.8 Å². The zero-order valence-electron chi connectivity index (χ0n) is 8.68. The van der Waals surface area contributed by atoms with Crippen LogP contribution in [0.2, 0.25) is 0 Å². The number of ketones is 1. The van der Waals surface area contributed by atoms with Crippen molar-refractivity contribution in [2.45, 2.75) is 37.6 Å². The summed E-state index contributed by atoms with van der Waals surface area (Å²) in [5.41, 5.74) is 2.39. The summed E-state index contributed by atoms with van der Waals surface area (Å²) >= 11 is 0. The van der Waals surface area contributed by atoms with Gasteiger partial charge < -0.3 is 10.3 Å². The summed E-state index contributed by atoms with van der Waals surface area (Å²) in [6.45, 7) is 0.989. The minimum atomic E-state index is -0.0124. The van der Waals surface area contributed by atoms with E-state index in [0.29, 0.717) is 18.6 Å². The van der Waals surface area contributed by atoms with Crippen LogP contribution < -0.4 is 5.32 Å². The third-order valence-corrected chi connectivity index (χ3v) is 3.67. The Kier molecular flexibility index (Phi) is 1.92. The first kappa shape index (κ1) is 9.09. The van der Waals surface area contributed by atoms with E-state index in [1.54, 1.807) is 6.33 Å². The van der Waals surface area contributed by atoms with Gasteiger partial charge in [0, 0.05) is 31.5 Å². The number of H-pyrrole nitrogens is 1. The number of hydrogen-bond acceptors (Lipinski definition) is 3. The van der Waals surface area contributed by atoms with Crippen LogP contribution in [0, 0.1) is 0 Å². The molecule has 2 N–H and O–H groups in total. The zero-order chi connectivity index (χ0) is 10.3. The number of aromatic amines is 1.